The van der Waals surface area contributed by atoms with E-state index >= 15 is 0 Å². The summed E-state index contributed by atoms with van der Waals surface area (Å²) >= 11 is 0. The summed E-state index contributed by atoms with van der Waals surface area (Å²) in [7, 11) is 0. The fraction of sp³-hybridized carbons (Fsp3) is 0.217. The predicted octanol–water partition coefficient (Wildman–Crippen LogP) is 4.24. The topological polar surface area (TPSA) is 97.9 Å². The average Bonchev–Trinajstić information content (AvgIpc) is 3.39. The summed E-state index contributed by atoms with van der Waals surface area (Å²) in [6.45, 7) is 5.96. The summed E-state index contributed by atoms with van der Waals surface area (Å²) in [5.41, 5.74) is 4.35. The zero-order valence-electron chi connectivity index (χ0n) is 18.0. The molecule has 1 unspecified atom stereocenters. The molecular weight excluding hydrogens is 411 g/mol. The van der Waals surface area contributed by atoms with Crippen LogP contribution in [-0.4, -0.2) is 26.0 Å². The molecule has 0 saturated heterocycles. The number of carbonyl (C=O) groups is 1. The molecule has 164 valence electrons. The number of aryl methyl sites for hydroxylation is 1. The van der Waals surface area contributed by atoms with Gasteiger partial charge in [-0.05, 0) is 57.2 Å². The number of amides is 2. The third-order valence-corrected chi connectivity index (χ3v) is 5.13. The summed E-state index contributed by atoms with van der Waals surface area (Å²) in [5, 5.41) is 14.1. The molecule has 2 N–H and O–H groups in total. The first-order chi connectivity index (χ1) is 15.4. The molecule has 2 aromatic carbocycles. The maximum absolute atomic E-state index is 13.1. The maximum atomic E-state index is 13.1. The first-order valence-corrected chi connectivity index (χ1v) is 10.2. The van der Waals surface area contributed by atoms with Gasteiger partial charge in [0.2, 0.25) is 11.7 Å². The van der Waals surface area contributed by atoms with Crippen molar-refractivity contribution in [3.8, 4) is 17.1 Å². The van der Waals surface area contributed by atoms with Crippen molar-refractivity contribution >= 4 is 6.03 Å². The van der Waals surface area contributed by atoms with Gasteiger partial charge in [0, 0.05) is 23.4 Å². The molecule has 1 atom stereocenters. The first kappa shape index (κ1) is 21.2. The van der Waals surface area contributed by atoms with Crippen LogP contribution in [0, 0.1) is 19.7 Å². The highest BCUT2D eigenvalue weighted by molar-refractivity contribution is 5.74. The number of benzene rings is 2. The van der Waals surface area contributed by atoms with Gasteiger partial charge in [-0.25, -0.2) is 13.9 Å². The summed E-state index contributed by atoms with van der Waals surface area (Å²) < 4.78 is 20.2. The summed E-state index contributed by atoms with van der Waals surface area (Å²) in [4.78, 5) is 16.7. The predicted molar refractivity (Wildman–Crippen MR) is 117 cm³/mol. The molecule has 32 heavy (non-hydrogen) atoms. The number of aromatic nitrogens is 4. The zero-order chi connectivity index (χ0) is 22.7. The number of para-hydroxylation sites is 1. The molecule has 2 heterocycles. The average molecular weight is 434 g/mol. The SMILES string of the molecule is Cc1nn(-c2ccccc2)c(C)c1CNC(=O)NC(C)c1nc(-c2ccc(F)cc2)no1. The Balaban J connectivity index is 1.37. The van der Waals surface area contributed by atoms with E-state index in [-0.39, 0.29) is 17.7 Å². The highest BCUT2D eigenvalue weighted by Crippen LogP contribution is 2.20. The molecular formula is C23H23FN6O2. The molecule has 0 fully saturated rings. The Morgan fingerprint density at radius 1 is 1.12 bits per heavy atom. The Morgan fingerprint density at radius 3 is 2.56 bits per heavy atom. The summed E-state index contributed by atoms with van der Waals surface area (Å²) in [6, 6.07) is 14.7. The van der Waals surface area contributed by atoms with Gasteiger partial charge in [-0.3, -0.25) is 0 Å². The van der Waals surface area contributed by atoms with Gasteiger partial charge in [0.25, 0.3) is 0 Å². The van der Waals surface area contributed by atoms with Crippen LogP contribution in [0.1, 0.15) is 35.8 Å². The van der Waals surface area contributed by atoms with Crippen LogP contribution in [0.5, 0.6) is 0 Å². The molecule has 4 rings (SSSR count). The lowest BCUT2D eigenvalue weighted by molar-refractivity contribution is 0.233. The van der Waals surface area contributed by atoms with E-state index < -0.39 is 6.04 Å². The number of nitrogens with one attached hydrogen (secondary N) is 2. The summed E-state index contributed by atoms with van der Waals surface area (Å²) in [6.07, 6.45) is 0. The van der Waals surface area contributed by atoms with Gasteiger partial charge in [0.15, 0.2) is 0 Å². The Hall–Kier alpha value is -4.01. The number of hydrogen-bond donors (Lipinski definition) is 2. The van der Waals surface area contributed by atoms with Crippen molar-refractivity contribution in [2.75, 3.05) is 0 Å². The molecule has 0 spiro atoms. The van der Waals surface area contributed by atoms with Crippen LogP contribution in [0.25, 0.3) is 17.1 Å². The third kappa shape index (κ3) is 4.51. The van der Waals surface area contributed by atoms with E-state index in [4.69, 9.17) is 4.52 Å². The van der Waals surface area contributed by atoms with E-state index in [0.29, 0.717) is 17.9 Å². The standard InChI is InChI=1S/C23H23FN6O2/c1-14-20(16(3)30(28-14)19-7-5-4-6-8-19)13-25-23(31)26-15(2)22-27-21(29-32-22)17-9-11-18(24)12-10-17/h4-12,15H,13H2,1-3H3,(H2,25,26,31). The minimum absolute atomic E-state index is 0.253. The van der Waals surface area contributed by atoms with E-state index in [2.05, 4.69) is 25.9 Å². The highest BCUT2D eigenvalue weighted by atomic mass is 19.1. The van der Waals surface area contributed by atoms with Crippen LogP contribution in [0.3, 0.4) is 0 Å². The van der Waals surface area contributed by atoms with Crippen LogP contribution in [-0.2, 0) is 6.54 Å². The van der Waals surface area contributed by atoms with Crippen LogP contribution in [0.15, 0.2) is 59.1 Å². The molecule has 4 aromatic rings. The van der Waals surface area contributed by atoms with Crippen molar-refractivity contribution < 1.29 is 13.7 Å². The second-order valence-corrected chi connectivity index (χ2v) is 7.41. The molecule has 2 aromatic heterocycles. The number of rotatable bonds is 6. The number of nitrogens with zero attached hydrogens (tertiary/aromatic N) is 4. The lowest BCUT2D eigenvalue weighted by Gasteiger charge is -2.11. The fourth-order valence-electron chi connectivity index (χ4n) is 3.36. The second kappa shape index (κ2) is 9.01. The lowest BCUT2D eigenvalue weighted by atomic mass is 10.2. The van der Waals surface area contributed by atoms with Crippen molar-refractivity contribution in [1.82, 2.24) is 30.6 Å². The molecule has 0 aliphatic rings. The van der Waals surface area contributed by atoms with Crippen molar-refractivity contribution in [3.63, 3.8) is 0 Å². The largest absolute Gasteiger partial charge is 0.337 e. The third-order valence-electron chi connectivity index (χ3n) is 5.13. The summed E-state index contributed by atoms with van der Waals surface area (Å²) in [5.74, 6) is 0.237. The molecule has 9 heteroatoms. The van der Waals surface area contributed by atoms with Crippen LogP contribution >= 0.6 is 0 Å². The van der Waals surface area contributed by atoms with Crippen LogP contribution in [0.2, 0.25) is 0 Å². The number of urea groups is 1. The van der Waals surface area contributed by atoms with E-state index in [0.717, 1.165) is 22.6 Å². The van der Waals surface area contributed by atoms with E-state index in [1.54, 1.807) is 19.1 Å². The molecule has 8 nitrogen and oxygen atoms in total. The molecule has 2 amide bonds. The normalized spacial score (nSPS) is 11.9. The van der Waals surface area contributed by atoms with E-state index in [1.807, 2.05) is 48.9 Å². The van der Waals surface area contributed by atoms with Crippen molar-refractivity contribution in [2.24, 2.45) is 0 Å². The molecule has 0 aliphatic carbocycles. The number of halogens is 1. The van der Waals surface area contributed by atoms with Gasteiger partial charge >= 0.3 is 6.03 Å². The van der Waals surface area contributed by atoms with E-state index in [1.165, 1.54) is 12.1 Å². The Bertz CT molecular complexity index is 1220. The van der Waals surface area contributed by atoms with Crippen molar-refractivity contribution in [3.05, 3.63) is 83.3 Å². The van der Waals surface area contributed by atoms with Gasteiger partial charge in [-0.15, -0.1) is 0 Å². The minimum Gasteiger partial charge on any atom is -0.337 e. The van der Waals surface area contributed by atoms with Gasteiger partial charge in [-0.2, -0.15) is 10.1 Å². The molecule has 0 bridgehead atoms. The van der Waals surface area contributed by atoms with E-state index in [9.17, 15) is 9.18 Å². The highest BCUT2D eigenvalue weighted by Gasteiger charge is 2.18. The smallest absolute Gasteiger partial charge is 0.315 e. The fourth-order valence-corrected chi connectivity index (χ4v) is 3.36. The Labute approximate surface area is 184 Å². The van der Waals surface area contributed by atoms with Gasteiger partial charge in [0.1, 0.15) is 11.9 Å². The molecule has 0 saturated carbocycles. The monoisotopic (exact) mass is 434 g/mol. The number of hydrogen-bond acceptors (Lipinski definition) is 5. The zero-order valence-corrected chi connectivity index (χ0v) is 18.0. The first-order valence-electron chi connectivity index (χ1n) is 10.2. The van der Waals surface area contributed by atoms with Crippen LogP contribution in [0.4, 0.5) is 9.18 Å². The van der Waals surface area contributed by atoms with Crippen LogP contribution < -0.4 is 10.6 Å². The second-order valence-electron chi connectivity index (χ2n) is 7.41. The van der Waals surface area contributed by atoms with Crippen molar-refractivity contribution in [1.29, 1.82) is 0 Å². The maximum Gasteiger partial charge on any atom is 0.315 e. The number of carbonyl (C=O) groups excluding carboxylic acids is 1. The van der Waals surface area contributed by atoms with Gasteiger partial charge in [-0.1, -0.05) is 23.4 Å². The lowest BCUT2D eigenvalue weighted by Crippen LogP contribution is -2.37. The van der Waals surface area contributed by atoms with Gasteiger partial charge < -0.3 is 15.2 Å². The Kier molecular flexibility index (Phi) is 5.98. The van der Waals surface area contributed by atoms with Crippen molar-refractivity contribution in [2.45, 2.75) is 33.4 Å². The minimum atomic E-state index is -0.508. The van der Waals surface area contributed by atoms with Gasteiger partial charge in [0.05, 0.1) is 11.4 Å². The Morgan fingerprint density at radius 2 is 1.84 bits per heavy atom. The molecule has 0 aliphatic heterocycles. The molecule has 0 radical (unpaired) electrons. The quantitative estimate of drug-likeness (QED) is 0.473.